The average molecular weight is 451 g/mol. The zero-order valence-corrected chi connectivity index (χ0v) is 17.6. The summed E-state index contributed by atoms with van der Waals surface area (Å²) in [7, 11) is -2.75. The SMILES string of the molecule is CCn1cc(C(=O)NCc2ccc(S(C)(=O)=NC#N)cc2)c(=O)c(Br)c1C. The number of nitrogens with one attached hydrogen (secondary N) is 1. The Hall–Kier alpha value is -2.44. The maximum absolute atomic E-state index is 12.4. The molecule has 1 aromatic carbocycles. The standard InChI is InChI=1S/C18H19BrN4O3S/c1-4-23-10-15(17(24)16(19)12(23)2)18(25)21-9-13-5-7-14(8-6-13)27(3,26)22-11-20/h5-8,10H,4,9H2,1-3H3,(H,21,25). The predicted octanol–water partition coefficient (Wildman–Crippen LogP) is 2.81. The van der Waals surface area contributed by atoms with E-state index >= 15 is 0 Å². The maximum Gasteiger partial charge on any atom is 0.257 e. The third-order valence-electron chi connectivity index (χ3n) is 4.09. The van der Waals surface area contributed by atoms with Crippen LogP contribution in [0.2, 0.25) is 0 Å². The van der Waals surface area contributed by atoms with Crippen molar-refractivity contribution in [3.05, 3.63) is 62.0 Å². The van der Waals surface area contributed by atoms with Gasteiger partial charge in [0.1, 0.15) is 5.56 Å². The van der Waals surface area contributed by atoms with Gasteiger partial charge in [-0.25, -0.2) is 4.21 Å². The quantitative estimate of drug-likeness (QED) is 0.706. The maximum atomic E-state index is 12.4. The zero-order valence-electron chi connectivity index (χ0n) is 15.2. The molecule has 0 aliphatic rings. The molecule has 0 radical (unpaired) electrons. The van der Waals surface area contributed by atoms with Gasteiger partial charge in [-0.1, -0.05) is 12.1 Å². The lowest BCUT2D eigenvalue weighted by Crippen LogP contribution is -2.30. The third-order valence-corrected chi connectivity index (χ3v) is 6.60. The summed E-state index contributed by atoms with van der Waals surface area (Å²) >= 11 is 3.25. The lowest BCUT2D eigenvalue weighted by atomic mass is 10.2. The number of hydrogen-bond donors (Lipinski definition) is 1. The van der Waals surface area contributed by atoms with Gasteiger partial charge in [0, 0.05) is 36.1 Å². The molecular weight excluding hydrogens is 432 g/mol. The fourth-order valence-corrected chi connectivity index (χ4v) is 3.82. The minimum Gasteiger partial charge on any atom is -0.350 e. The molecule has 1 atom stereocenters. The summed E-state index contributed by atoms with van der Waals surface area (Å²) in [4.78, 5) is 25.2. The Labute approximate surface area is 166 Å². The smallest absolute Gasteiger partial charge is 0.257 e. The van der Waals surface area contributed by atoms with E-state index in [0.717, 1.165) is 11.3 Å². The fraction of sp³-hybridized carbons (Fsp3) is 0.278. The van der Waals surface area contributed by atoms with Gasteiger partial charge in [-0.15, -0.1) is 4.36 Å². The fourth-order valence-electron chi connectivity index (χ4n) is 2.48. The molecule has 0 bridgehead atoms. The van der Waals surface area contributed by atoms with Gasteiger partial charge in [0.2, 0.25) is 11.6 Å². The lowest BCUT2D eigenvalue weighted by Gasteiger charge is -2.12. The van der Waals surface area contributed by atoms with Crippen LogP contribution in [-0.2, 0) is 22.8 Å². The van der Waals surface area contributed by atoms with E-state index in [1.807, 2.05) is 18.4 Å². The van der Waals surface area contributed by atoms with Crippen LogP contribution in [0.5, 0.6) is 0 Å². The Morgan fingerprint density at radius 3 is 2.56 bits per heavy atom. The Morgan fingerprint density at radius 2 is 2.00 bits per heavy atom. The van der Waals surface area contributed by atoms with Crippen LogP contribution in [-0.4, -0.2) is 20.9 Å². The van der Waals surface area contributed by atoms with Crippen LogP contribution in [0.3, 0.4) is 0 Å². The van der Waals surface area contributed by atoms with E-state index in [1.54, 1.807) is 36.7 Å². The van der Waals surface area contributed by atoms with E-state index in [2.05, 4.69) is 25.6 Å². The van der Waals surface area contributed by atoms with Crippen molar-refractivity contribution in [2.75, 3.05) is 6.26 Å². The van der Waals surface area contributed by atoms with Gasteiger partial charge in [-0.2, -0.15) is 5.26 Å². The van der Waals surface area contributed by atoms with E-state index in [1.165, 1.54) is 6.26 Å². The van der Waals surface area contributed by atoms with Gasteiger partial charge in [0.05, 0.1) is 14.2 Å². The largest absolute Gasteiger partial charge is 0.350 e. The second kappa shape index (κ2) is 8.50. The van der Waals surface area contributed by atoms with Crippen LogP contribution >= 0.6 is 15.9 Å². The summed E-state index contributed by atoms with van der Waals surface area (Å²) in [6.45, 7) is 4.58. The second-order valence-electron chi connectivity index (χ2n) is 5.88. The number of aromatic nitrogens is 1. The van der Waals surface area contributed by atoms with Gasteiger partial charge in [-0.3, -0.25) is 9.59 Å². The Balaban J connectivity index is 2.19. The van der Waals surface area contributed by atoms with E-state index in [9.17, 15) is 13.8 Å². The first kappa shape index (κ1) is 20.9. The van der Waals surface area contributed by atoms with E-state index in [0.29, 0.717) is 15.9 Å². The molecule has 1 heterocycles. The number of rotatable bonds is 5. The summed E-state index contributed by atoms with van der Waals surface area (Å²) in [6, 6.07) is 6.61. The first-order valence-electron chi connectivity index (χ1n) is 8.08. The number of pyridine rings is 1. The van der Waals surface area contributed by atoms with E-state index < -0.39 is 15.6 Å². The van der Waals surface area contributed by atoms with Crippen LogP contribution in [0.4, 0.5) is 0 Å². The lowest BCUT2D eigenvalue weighted by molar-refractivity contribution is 0.0949. The summed E-state index contributed by atoms with van der Waals surface area (Å²) in [5.74, 6) is -0.467. The molecule has 0 saturated heterocycles. The number of halogens is 1. The van der Waals surface area contributed by atoms with Crippen molar-refractivity contribution in [1.29, 1.82) is 5.26 Å². The highest BCUT2D eigenvalue weighted by Crippen LogP contribution is 2.14. The molecule has 1 unspecified atom stereocenters. The van der Waals surface area contributed by atoms with Gasteiger partial charge < -0.3 is 9.88 Å². The number of nitriles is 1. The minimum atomic E-state index is -2.75. The Morgan fingerprint density at radius 1 is 1.37 bits per heavy atom. The molecular formula is C18H19BrN4O3S. The third kappa shape index (κ3) is 4.64. The van der Waals surface area contributed by atoms with Crippen molar-refractivity contribution >= 4 is 31.6 Å². The van der Waals surface area contributed by atoms with Gasteiger partial charge in [-0.05, 0) is 47.5 Å². The van der Waals surface area contributed by atoms with E-state index in [-0.39, 0.29) is 17.5 Å². The predicted molar refractivity (Wildman–Crippen MR) is 107 cm³/mol. The van der Waals surface area contributed by atoms with Crippen molar-refractivity contribution < 1.29 is 9.00 Å². The molecule has 2 rings (SSSR count). The molecule has 0 fully saturated rings. The van der Waals surface area contributed by atoms with Gasteiger partial charge in [0.25, 0.3) is 5.91 Å². The molecule has 142 valence electrons. The number of carbonyl (C=O) groups excluding carboxylic acids is 1. The molecule has 1 amide bonds. The van der Waals surface area contributed by atoms with Crippen molar-refractivity contribution in [3.8, 4) is 6.19 Å². The van der Waals surface area contributed by atoms with Crippen LogP contribution in [0.15, 0.2) is 49.0 Å². The molecule has 0 aliphatic heterocycles. The normalized spacial score (nSPS) is 12.7. The van der Waals surface area contributed by atoms with Gasteiger partial charge in [0.15, 0.2) is 0 Å². The Bertz CT molecular complexity index is 1090. The Kier molecular flexibility index (Phi) is 6.57. The van der Waals surface area contributed by atoms with Crippen LogP contribution in [0.1, 0.15) is 28.5 Å². The van der Waals surface area contributed by atoms with Crippen molar-refractivity contribution in [3.63, 3.8) is 0 Å². The van der Waals surface area contributed by atoms with Crippen molar-refractivity contribution in [2.45, 2.75) is 31.8 Å². The first-order valence-corrected chi connectivity index (χ1v) is 10.8. The highest BCUT2D eigenvalue weighted by Gasteiger charge is 2.16. The topological polar surface area (TPSA) is 104 Å². The summed E-state index contributed by atoms with van der Waals surface area (Å²) in [5.41, 5.74) is 1.24. The summed E-state index contributed by atoms with van der Waals surface area (Å²) < 4.78 is 17.8. The highest BCUT2D eigenvalue weighted by molar-refractivity contribution is 9.10. The molecule has 7 nitrogen and oxygen atoms in total. The second-order valence-corrected chi connectivity index (χ2v) is 8.93. The number of nitrogens with zero attached hydrogens (tertiary/aromatic N) is 3. The van der Waals surface area contributed by atoms with Crippen LogP contribution in [0, 0.1) is 18.4 Å². The highest BCUT2D eigenvalue weighted by atomic mass is 79.9. The average Bonchev–Trinajstić information content (AvgIpc) is 2.65. The minimum absolute atomic E-state index is 0.0651. The molecule has 9 heteroatoms. The molecule has 0 spiro atoms. The van der Waals surface area contributed by atoms with Gasteiger partial charge >= 0.3 is 0 Å². The number of carbonyl (C=O) groups is 1. The summed E-state index contributed by atoms with van der Waals surface area (Å²) in [5, 5.41) is 11.3. The molecule has 0 aliphatic carbocycles. The van der Waals surface area contributed by atoms with Crippen molar-refractivity contribution in [1.82, 2.24) is 9.88 Å². The molecule has 2 aromatic rings. The summed E-state index contributed by atoms with van der Waals surface area (Å²) in [6.07, 6.45) is 4.50. The molecule has 1 aromatic heterocycles. The zero-order chi connectivity index (χ0) is 20.2. The van der Waals surface area contributed by atoms with Crippen LogP contribution in [0.25, 0.3) is 0 Å². The molecule has 27 heavy (non-hydrogen) atoms. The number of aryl methyl sites for hydroxylation is 1. The molecule has 0 saturated carbocycles. The number of amides is 1. The van der Waals surface area contributed by atoms with Crippen LogP contribution < -0.4 is 10.7 Å². The van der Waals surface area contributed by atoms with E-state index in [4.69, 9.17) is 5.26 Å². The number of hydrogen-bond acceptors (Lipinski definition) is 5. The number of benzene rings is 1. The molecule has 1 N–H and O–H groups in total. The van der Waals surface area contributed by atoms with Crippen molar-refractivity contribution in [2.24, 2.45) is 4.36 Å². The monoisotopic (exact) mass is 450 g/mol. The first-order chi connectivity index (χ1) is 12.7.